The summed E-state index contributed by atoms with van der Waals surface area (Å²) in [5.74, 6) is -8.16. The number of nitrogens with one attached hydrogen (secondary N) is 1. The number of rotatable bonds is 5. The predicted octanol–water partition coefficient (Wildman–Crippen LogP) is 1.24. The Morgan fingerprint density at radius 2 is 1.87 bits per heavy atom. The molecule has 1 amide bonds. The van der Waals surface area contributed by atoms with Crippen LogP contribution in [0.25, 0.3) is 5.76 Å². The van der Waals surface area contributed by atoms with Gasteiger partial charge < -0.3 is 31.5 Å². The van der Waals surface area contributed by atoms with Crippen molar-refractivity contribution in [3.05, 3.63) is 45.5 Å². The van der Waals surface area contributed by atoms with Crippen LogP contribution in [0.3, 0.4) is 0 Å². The zero-order valence-corrected chi connectivity index (χ0v) is 22.1. The fourth-order valence-corrected chi connectivity index (χ4v) is 6.04. The van der Waals surface area contributed by atoms with E-state index in [1.54, 1.807) is 0 Å². The summed E-state index contributed by atoms with van der Waals surface area (Å²) in [5, 5.41) is 47.8. The number of aliphatic hydroxyl groups is 3. The van der Waals surface area contributed by atoms with Crippen molar-refractivity contribution in [2.45, 2.75) is 51.8 Å². The molecule has 1 saturated carbocycles. The van der Waals surface area contributed by atoms with E-state index in [-0.39, 0.29) is 47.1 Å². The number of carbonyl (C=O) groups excluding carboxylic acids is 3. The molecular weight excluding hydrogens is 497 g/mol. The molecule has 0 spiro atoms. The molecular formula is C27H34FN3O7. The summed E-state index contributed by atoms with van der Waals surface area (Å²) in [6.07, 6.45) is -0.0161. The Morgan fingerprint density at radius 3 is 2.42 bits per heavy atom. The fourth-order valence-electron chi connectivity index (χ4n) is 6.04. The average molecular weight is 532 g/mol. The van der Waals surface area contributed by atoms with Gasteiger partial charge in [0, 0.05) is 30.1 Å². The zero-order valence-electron chi connectivity index (χ0n) is 22.1. The second-order valence-electron chi connectivity index (χ2n) is 11.8. The standard InChI is InChI=1S/C27H34FN3O7/c1-26(2,3)10-30-9-13-15(28)8-12-6-11-7-14-19(31(4)5)22(34)18(25(29)37)24(36)27(14,38)23(35)17(11)21(33)16(12)20(13)32/h8,11,14,19,30,32-33,36,38H,6-7,9-10H2,1-5H3,(H2,29,37)/t11-,14-,19-,27-/m0/s1. The minimum absolute atomic E-state index is 0.0354. The van der Waals surface area contributed by atoms with Crippen LogP contribution in [0.1, 0.15) is 43.9 Å². The summed E-state index contributed by atoms with van der Waals surface area (Å²) in [6.45, 7) is 6.44. The van der Waals surface area contributed by atoms with Crippen LogP contribution >= 0.6 is 0 Å². The molecule has 0 saturated heterocycles. The van der Waals surface area contributed by atoms with Crippen molar-refractivity contribution in [1.82, 2.24) is 10.2 Å². The first-order chi connectivity index (χ1) is 17.5. The molecule has 1 aromatic carbocycles. The summed E-state index contributed by atoms with van der Waals surface area (Å²) in [4.78, 5) is 40.4. The molecule has 0 aliphatic heterocycles. The van der Waals surface area contributed by atoms with Gasteiger partial charge in [-0.05, 0) is 49.9 Å². The Bertz CT molecular complexity index is 1310. The number of nitrogens with zero attached hydrogens (tertiary/aromatic N) is 1. The monoisotopic (exact) mass is 531 g/mol. The minimum atomic E-state index is -2.71. The molecule has 3 aliphatic carbocycles. The molecule has 4 rings (SSSR count). The van der Waals surface area contributed by atoms with Gasteiger partial charge in [0.2, 0.25) is 5.78 Å². The number of fused-ring (bicyclic) bond motifs is 3. The second kappa shape index (κ2) is 9.18. The first-order valence-electron chi connectivity index (χ1n) is 12.4. The summed E-state index contributed by atoms with van der Waals surface area (Å²) in [7, 11) is 3.05. The van der Waals surface area contributed by atoms with Gasteiger partial charge in [-0.1, -0.05) is 20.8 Å². The van der Waals surface area contributed by atoms with Gasteiger partial charge in [0.1, 0.15) is 28.7 Å². The lowest BCUT2D eigenvalue weighted by Crippen LogP contribution is -2.65. The number of aromatic hydroxyl groups is 1. The number of carbonyl (C=O) groups is 3. The maximum Gasteiger partial charge on any atom is 0.255 e. The van der Waals surface area contributed by atoms with E-state index < -0.39 is 69.6 Å². The number of hydrogen-bond acceptors (Lipinski definition) is 9. The van der Waals surface area contributed by atoms with Gasteiger partial charge in [-0.3, -0.25) is 19.3 Å². The van der Waals surface area contributed by atoms with Crippen LogP contribution < -0.4 is 11.1 Å². The Kier molecular flexibility index (Phi) is 6.70. The molecule has 38 heavy (non-hydrogen) atoms. The van der Waals surface area contributed by atoms with Crippen LogP contribution in [-0.2, 0) is 27.3 Å². The number of phenolic OH excluding ortho intramolecular Hbond substituents is 1. The molecule has 1 fully saturated rings. The van der Waals surface area contributed by atoms with Crippen molar-refractivity contribution in [3.8, 4) is 5.75 Å². The van der Waals surface area contributed by atoms with Gasteiger partial charge in [0.15, 0.2) is 11.4 Å². The number of likely N-dealkylation sites (N-methyl/N-ethyl adjacent to an activating group) is 1. The van der Waals surface area contributed by atoms with Crippen molar-refractivity contribution in [2.75, 3.05) is 20.6 Å². The van der Waals surface area contributed by atoms with Crippen molar-refractivity contribution in [1.29, 1.82) is 0 Å². The molecule has 1 aromatic rings. The minimum Gasteiger partial charge on any atom is -0.508 e. The summed E-state index contributed by atoms with van der Waals surface area (Å²) < 4.78 is 15.1. The van der Waals surface area contributed by atoms with Gasteiger partial charge in [0.05, 0.1) is 11.6 Å². The lowest BCUT2D eigenvalue weighted by Gasteiger charge is -2.50. The average Bonchev–Trinajstić information content (AvgIpc) is 2.77. The molecule has 0 aromatic heterocycles. The number of primary amides is 1. The number of aliphatic hydroxyl groups excluding tert-OH is 2. The highest BCUT2D eigenvalue weighted by Crippen LogP contribution is 2.53. The van der Waals surface area contributed by atoms with Crippen molar-refractivity contribution >= 4 is 23.2 Å². The molecule has 11 heteroatoms. The van der Waals surface area contributed by atoms with E-state index in [1.807, 2.05) is 20.8 Å². The third kappa shape index (κ3) is 4.09. The molecule has 0 radical (unpaired) electrons. The van der Waals surface area contributed by atoms with Crippen LogP contribution in [0.4, 0.5) is 4.39 Å². The molecule has 4 atom stereocenters. The quantitative estimate of drug-likeness (QED) is 0.306. The summed E-state index contributed by atoms with van der Waals surface area (Å²) in [5.41, 5.74) is 1.41. The fraction of sp³-hybridized carbons (Fsp3) is 0.519. The normalized spacial score (nSPS) is 27.4. The number of ketones is 2. The highest BCUT2D eigenvalue weighted by molar-refractivity contribution is 6.24. The highest BCUT2D eigenvalue weighted by atomic mass is 19.1. The van der Waals surface area contributed by atoms with Gasteiger partial charge in [-0.2, -0.15) is 0 Å². The Labute approximate surface area is 219 Å². The van der Waals surface area contributed by atoms with Crippen LogP contribution in [0, 0.1) is 23.1 Å². The van der Waals surface area contributed by atoms with E-state index in [0.29, 0.717) is 6.54 Å². The number of hydrogen-bond donors (Lipinski definition) is 6. The largest absolute Gasteiger partial charge is 0.508 e. The smallest absolute Gasteiger partial charge is 0.255 e. The first-order valence-corrected chi connectivity index (χ1v) is 12.4. The molecule has 3 aliphatic rings. The number of Topliss-reactive ketones (excluding diaryl/α,β-unsaturated/α-hetero) is 2. The third-order valence-electron chi connectivity index (χ3n) is 7.72. The number of amides is 1. The van der Waals surface area contributed by atoms with Gasteiger partial charge in [-0.15, -0.1) is 0 Å². The van der Waals surface area contributed by atoms with Crippen LogP contribution in [0.15, 0.2) is 23.0 Å². The van der Waals surface area contributed by atoms with E-state index in [9.17, 15) is 34.8 Å². The molecule has 0 bridgehead atoms. The van der Waals surface area contributed by atoms with E-state index in [1.165, 1.54) is 25.1 Å². The predicted molar refractivity (Wildman–Crippen MR) is 135 cm³/mol. The Hall–Kier alpha value is -3.28. The lowest BCUT2D eigenvalue weighted by molar-refractivity contribution is -0.153. The third-order valence-corrected chi connectivity index (χ3v) is 7.72. The Balaban J connectivity index is 1.86. The van der Waals surface area contributed by atoms with Gasteiger partial charge in [-0.25, -0.2) is 4.39 Å². The van der Waals surface area contributed by atoms with Crippen LogP contribution in [0.5, 0.6) is 5.75 Å². The molecule has 10 nitrogen and oxygen atoms in total. The van der Waals surface area contributed by atoms with Gasteiger partial charge >= 0.3 is 0 Å². The number of benzene rings is 1. The molecule has 0 unspecified atom stereocenters. The van der Waals surface area contributed by atoms with E-state index in [2.05, 4.69) is 5.32 Å². The highest BCUT2D eigenvalue weighted by Gasteiger charge is 2.64. The summed E-state index contributed by atoms with van der Waals surface area (Å²) >= 11 is 0. The maximum absolute atomic E-state index is 15.1. The first kappa shape index (κ1) is 27.7. The number of phenols is 1. The van der Waals surface area contributed by atoms with E-state index in [0.717, 1.165) is 0 Å². The lowest BCUT2D eigenvalue weighted by atomic mass is 9.57. The molecule has 7 N–H and O–H groups in total. The molecule has 0 heterocycles. The van der Waals surface area contributed by atoms with Crippen LogP contribution in [-0.4, -0.2) is 75.1 Å². The van der Waals surface area contributed by atoms with Gasteiger partial charge in [0.25, 0.3) is 5.91 Å². The van der Waals surface area contributed by atoms with Crippen molar-refractivity contribution in [2.24, 2.45) is 23.0 Å². The maximum atomic E-state index is 15.1. The zero-order chi connectivity index (χ0) is 28.5. The van der Waals surface area contributed by atoms with Crippen LogP contribution in [0.2, 0.25) is 0 Å². The van der Waals surface area contributed by atoms with Crippen molar-refractivity contribution < 1.29 is 39.2 Å². The molecule has 206 valence electrons. The topological polar surface area (TPSA) is 173 Å². The van der Waals surface area contributed by atoms with E-state index >= 15 is 4.39 Å². The number of nitrogens with two attached hydrogens (primary N) is 1. The number of halogens is 1. The SMILES string of the molecule is CN(C)[C@@H]1C(=O)C(C(N)=O)=C(O)[C@@]2(O)C(=O)C3=C(O)c4c(cc(F)c(CNCC(C)(C)C)c4O)C[C@H]3C[C@@H]12. The van der Waals surface area contributed by atoms with Crippen molar-refractivity contribution in [3.63, 3.8) is 0 Å². The second-order valence-corrected chi connectivity index (χ2v) is 11.8. The summed E-state index contributed by atoms with van der Waals surface area (Å²) in [6, 6.07) is 0.0354. The Morgan fingerprint density at radius 1 is 1.24 bits per heavy atom. The van der Waals surface area contributed by atoms with E-state index in [4.69, 9.17) is 5.73 Å².